The Bertz CT molecular complexity index is 6990. The van der Waals surface area contributed by atoms with E-state index in [1.807, 2.05) is 164 Å². The molecule has 32 nitrogen and oxygen atoms in total. The number of hydrogen-bond acceptors (Lipinski definition) is 30. The summed E-state index contributed by atoms with van der Waals surface area (Å²) in [6.07, 6.45) is 0. The number of phenols is 1. The second kappa shape index (κ2) is 52.6. The number of phenolic OH excluding ortho intramolecular Hbond substituents is 1. The first-order valence-electron chi connectivity index (χ1n) is 41.9. The summed E-state index contributed by atoms with van der Waals surface area (Å²) in [6.45, 7) is 15.1. The molecule has 0 saturated carbocycles. The van der Waals surface area contributed by atoms with Gasteiger partial charge in [0.2, 0.25) is 23.8 Å². The van der Waals surface area contributed by atoms with Gasteiger partial charge in [0.15, 0.2) is 0 Å². The number of ether oxygens (including phenoxy) is 5. The Morgan fingerprint density at radius 2 is 0.754 bits per heavy atom. The third-order valence-corrected chi connectivity index (χ3v) is 21.7. The van der Waals surface area contributed by atoms with Crippen LogP contribution in [-0.4, -0.2) is 199 Å². The van der Waals surface area contributed by atoms with Crippen molar-refractivity contribution in [3.63, 3.8) is 0 Å². The van der Waals surface area contributed by atoms with E-state index in [1.54, 1.807) is 138 Å². The molecule has 0 fully saturated rings. The number of aromatic nitrogens is 12. The first kappa shape index (κ1) is 110. The zero-order valence-corrected chi connectivity index (χ0v) is 83.2. The summed E-state index contributed by atoms with van der Waals surface area (Å²) in [7, 11) is 12.8. The maximum absolute atomic E-state index is 12.4. The number of nitrogens with one attached hydrogen (secondary N) is 4. The number of carboxylic acids is 1. The summed E-state index contributed by atoms with van der Waals surface area (Å²) < 4.78 is 26.6. The first-order valence-corrected chi connectivity index (χ1v) is 44.2. The molecule has 16 aromatic rings. The third-order valence-electron chi connectivity index (χ3n) is 19.9. The Morgan fingerprint density at radius 1 is 0.420 bits per heavy atom. The fourth-order valence-electron chi connectivity index (χ4n) is 13.3. The van der Waals surface area contributed by atoms with Gasteiger partial charge in [0.25, 0.3) is 5.91 Å². The molecule has 0 aliphatic carbocycles. The molecule has 0 aliphatic heterocycles. The van der Waals surface area contributed by atoms with E-state index in [-0.39, 0.29) is 77.8 Å². The number of nitrogen functional groups attached to an aromatic ring is 1. The summed E-state index contributed by atoms with van der Waals surface area (Å²) in [5.41, 5.74) is 30.3. The number of esters is 2. The topological polar surface area (TPSA) is 446 Å². The quantitative estimate of drug-likeness (QED) is 0.0206. The van der Waals surface area contributed by atoms with Crippen molar-refractivity contribution in [3.8, 4) is 67.5 Å². The number of likely N-dealkylation sites (N-methyl/N-ethyl adjacent to an activating group) is 2. The predicted molar refractivity (Wildman–Crippen MR) is 546 cm³/mol. The number of amides is 1. The number of rotatable bonds is 24. The van der Waals surface area contributed by atoms with E-state index >= 15 is 0 Å². The van der Waals surface area contributed by atoms with Gasteiger partial charge < -0.3 is 81.9 Å². The molecule has 4 aromatic heterocycles. The summed E-state index contributed by atoms with van der Waals surface area (Å²) >= 11 is 28.7. The van der Waals surface area contributed by atoms with Gasteiger partial charge >= 0.3 is 36.8 Å². The van der Waals surface area contributed by atoms with Crippen LogP contribution in [0.5, 0.6) is 23.0 Å². The minimum Gasteiger partial charge on any atom is -0.870 e. The Labute approximate surface area is 843 Å². The van der Waals surface area contributed by atoms with Crippen molar-refractivity contribution in [2.75, 3.05) is 111 Å². The van der Waals surface area contributed by atoms with E-state index in [0.29, 0.717) is 135 Å². The fraction of sp³-hybridized carbons (Fsp3) is 0.192. The van der Waals surface area contributed by atoms with Crippen molar-refractivity contribution in [1.29, 1.82) is 0 Å². The number of anilines is 7. The molecule has 39 heteroatoms. The Hall–Kier alpha value is -13.6. The average molecular weight is 2030 g/mol. The van der Waals surface area contributed by atoms with Gasteiger partial charge in [0.05, 0.1) is 73.3 Å². The van der Waals surface area contributed by atoms with Crippen molar-refractivity contribution in [2.24, 2.45) is 5.73 Å². The molecule has 0 unspecified atom stereocenters. The number of aryl methyl sites for hydroxylation is 4. The molecule has 0 saturated heterocycles. The number of carboxylic acid groups (broad SMARTS) is 1. The normalized spacial score (nSPS) is 10.5. The van der Waals surface area contributed by atoms with Gasteiger partial charge in [-0.1, -0.05) is 86.6 Å². The van der Waals surface area contributed by atoms with Crippen molar-refractivity contribution < 1.29 is 77.4 Å². The van der Waals surface area contributed by atoms with Gasteiger partial charge in [-0.3, -0.25) is 4.79 Å². The Balaban J connectivity index is 0.000000213. The molecular formula is C99H99BrCl5LiN20O12. The number of methoxy groups -OCH3 is 3. The Kier molecular flexibility index (Phi) is 41.8. The number of nitrogens with zero attached hydrogens (tertiary/aromatic N) is 14. The average Bonchev–Trinajstić information content (AvgIpc) is 0.791. The standard InChI is InChI=1S/C25H25ClN6O2.C24H21ClN4O3.C22H17ClN4O3.C15H13ClN4O.C9H9BrO2.C4H12N2.ClH.Li.H2O/c1-15-11-17(20-14-19(33)7-8-21(20)26)13-22-23(15)29-25(31-30-22)28-18-6-4-5-16(12-18)24(34)27-9-10-32(2)3;1-4-32-23(30)15-6-5-7-17(11-15)26-24-27-22-14(2)10-16(12-21(22)28-29-24)19-13-18(31-3)8-9-20(19)25;1-12-8-14(17-11-16(30-2)6-7-18(17)23)10-19-20(12)25-22(27-26-19)24-15-5-3-4-13(9-15)21(28)29;1-8-5-9(6-13-14(8)18-15(17)20-19-13)11-7-10(21-2)3-4-12(11)16;1-2-12-9(11)7-4-3-5-8(10)6-7;1-6(2)4-3-5;;;/h4-8,11-14,33H,9-10H2,1-3H3,(H,27,34)(H,28,29,31);5-13H,4H2,1-3H3,(H,26,27,29);3-11H,1-2H3,(H,28,29)(H,24,25,27);3-7H,1-2H3,(H2,17,18,20);3-6H,2H2,1H3;3-5H2,1-2H3;1H;;1H2/q;;;;;;;+1;/p-1. The summed E-state index contributed by atoms with van der Waals surface area (Å²) in [6, 6.07) is 64.4. The third kappa shape index (κ3) is 30.4. The van der Waals surface area contributed by atoms with E-state index in [4.69, 9.17) is 86.7 Å². The van der Waals surface area contributed by atoms with Crippen LogP contribution in [0.1, 0.15) is 77.5 Å². The van der Waals surface area contributed by atoms with Crippen molar-refractivity contribution in [2.45, 2.75) is 41.5 Å². The maximum atomic E-state index is 12.4. The summed E-state index contributed by atoms with van der Waals surface area (Å²) in [5, 5.41) is 66.9. The second-order valence-corrected chi connectivity index (χ2v) is 33.0. The molecule has 0 radical (unpaired) electrons. The van der Waals surface area contributed by atoms with E-state index in [1.165, 1.54) is 12.1 Å². The molecule has 1 amide bonds. The molecule has 0 bridgehead atoms. The number of aromatic carboxylic acids is 1. The van der Waals surface area contributed by atoms with Gasteiger partial charge in [-0.25, -0.2) is 34.3 Å². The van der Waals surface area contributed by atoms with E-state index in [0.717, 1.165) is 102 Å². The minimum absolute atomic E-state index is 0. The number of aromatic hydroxyl groups is 1. The van der Waals surface area contributed by atoms with Crippen molar-refractivity contribution in [3.05, 3.63) is 287 Å². The van der Waals surface area contributed by atoms with Crippen LogP contribution in [0.15, 0.2) is 223 Å². The number of hydrogen-bond donors (Lipinski definition) is 8. The molecular weight excluding hydrogens is 1930 g/mol. The molecule has 710 valence electrons. The smallest absolute Gasteiger partial charge is 0.870 e. The number of benzene rings is 12. The molecule has 0 atom stereocenters. The van der Waals surface area contributed by atoms with Gasteiger partial charge in [-0.2, -0.15) is 0 Å². The van der Waals surface area contributed by atoms with Gasteiger partial charge in [0.1, 0.15) is 45.1 Å². The molecule has 0 spiro atoms. The predicted octanol–water partition coefficient (Wildman–Crippen LogP) is 17.7. The summed E-state index contributed by atoms with van der Waals surface area (Å²) in [4.78, 5) is 68.7. The molecule has 138 heavy (non-hydrogen) atoms. The van der Waals surface area contributed by atoms with Crippen LogP contribution in [0.4, 0.5) is 40.9 Å². The molecule has 11 N–H and O–H groups in total. The SMILES string of the molecule is CCOC(=O)c1cccc(Br)c1.CCOC(=O)c1cccc(Nc2nnc3cc(-c4cc(OC)ccc4Cl)cc(C)c3n2)c1.CN(C)CCN.COc1ccc(Cl)c(-c2cc(C)c3nc(N)nnc3c2)c1.COc1ccc(Cl)c(-c2cc(C)c3nc(Nc4cccc(C(=O)O)c4)nnc3c2)c1.Cc1cc(-c2cc(O)ccc2Cl)cc2nnc(Nc3cccc(C(=O)NCCN(C)C)c3)nc12.Cl.[Li+].[OH-]. The van der Waals surface area contributed by atoms with Crippen LogP contribution in [0.3, 0.4) is 0 Å². The van der Waals surface area contributed by atoms with E-state index < -0.39 is 5.97 Å². The van der Waals surface area contributed by atoms with Crippen molar-refractivity contribution >= 4 is 184 Å². The summed E-state index contributed by atoms with van der Waals surface area (Å²) in [5.74, 6) is 1.59. The van der Waals surface area contributed by atoms with Gasteiger partial charge in [0, 0.05) is 95.6 Å². The number of carbonyl (C=O) groups excluding carboxylic acids is 3. The monoisotopic (exact) mass is 2020 g/mol. The number of halogens is 6. The van der Waals surface area contributed by atoms with Crippen LogP contribution in [0.25, 0.3) is 88.6 Å². The van der Waals surface area contributed by atoms with Crippen LogP contribution in [0, 0.1) is 27.7 Å². The fourth-order valence-corrected chi connectivity index (χ4v) is 14.6. The zero-order chi connectivity index (χ0) is 97.1. The second-order valence-electron chi connectivity index (χ2n) is 30.4. The Morgan fingerprint density at radius 3 is 1.11 bits per heavy atom. The molecule has 16 rings (SSSR count). The van der Waals surface area contributed by atoms with Gasteiger partial charge in [-0.05, 0) is 308 Å². The first-order chi connectivity index (χ1) is 64.8. The van der Waals surface area contributed by atoms with E-state index in [2.05, 4.69) is 103 Å². The van der Waals surface area contributed by atoms with Gasteiger partial charge in [-0.15, -0.1) is 53.2 Å². The van der Waals surface area contributed by atoms with Crippen LogP contribution < -0.4 is 65.8 Å². The number of carbonyl (C=O) groups is 4. The zero-order valence-electron chi connectivity index (χ0n) is 77.8. The molecule has 4 heterocycles. The molecule has 0 aliphatic rings. The minimum atomic E-state index is -1.00. The molecule has 12 aromatic carbocycles. The van der Waals surface area contributed by atoms with Crippen LogP contribution in [-0.2, 0) is 9.47 Å². The maximum Gasteiger partial charge on any atom is 1.00 e. The van der Waals surface area contributed by atoms with E-state index in [9.17, 15) is 24.3 Å². The van der Waals surface area contributed by atoms with Crippen molar-refractivity contribution in [1.82, 2.24) is 75.8 Å². The number of fused-ring (bicyclic) bond motifs is 4. The largest absolute Gasteiger partial charge is 1.00 e. The number of nitrogens with two attached hydrogens (primary N) is 2. The van der Waals surface area contributed by atoms with Crippen LogP contribution in [0.2, 0.25) is 20.1 Å². The van der Waals surface area contributed by atoms with Crippen LogP contribution >= 0.6 is 74.7 Å².